The third kappa shape index (κ3) is 3.84. The van der Waals surface area contributed by atoms with Crippen LogP contribution in [0.2, 0.25) is 0 Å². The van der Waals surface area contributed by atoms with E-state index in [1.165, 1.54) is 18.4 Å². The molecule has 1 atom stereocenters. The van der Waals surface area contributed by atoms with Crippen LogP contribution in [0.5, 0.6) is 0 Å². The van der Waals surface area contributed by atoms with Gasteiger partial charge in [0.05, 0.1) is 17.9 Å². The van der Waals surface area contributed by atoms with Crippen LogP contribution in [-0.2, 0) is 11.3 Å². The molecule has 6 heteroatoms. The Morgan fingerprint density at radius 1 is 1.36 bits per heavy atom. The van der Waals surface area contributed by atoms with Crippen molar-refractivity contribution in [3.63, 3.8) is 0 Å². The molecule has 3 heterocycles. The first-order valence-electron chi connectivity index (χ1n) is 10.2. The van der Waals surface area contributed by atoms with Crippen molar-refractivity contribution in [3.8, 4) is 5.69 Å². The molecular formula is C22H31N5O. The molecule has 0 radical (unpaired) electrons. The highest BCUT2D eigenvalue weighted by Crippen LogP contribution is 2.41. The van der Waals surface area contributed by atoms with E-state index >= 15 is 0 Å². The number of aromatic nitrogens is 2. The summed E-state index contributed by atoms with van der Waals surface area (Å²) in [5.74, 6) is 0.223. The van der Waals surface area contributed by atoms with Crippen LogP contribution in [-0.4, -0.2) is 65.3 Å². The van der Waals surface area contributed by atoms with Crippen LogP contribution in [0.1, 0.15) is 30.4 Å². The van der Waals surface area contributed by atoms with E-state index in [-0.39, 0.29) is 11.9 Å². The van der Waals surface area contributed by atoms with Gasteiger partial charge in [-0.05, 0) is 69.4 Å². The van der Waals surface area contributed by atoms with Gasteiger partial charge in [-0.25, -0.2) is 4.68 Å². The van der Waals surface area contributed by atoms with Crippen molar-refractivity contribution in [3.05, 3.63) is 47.8 Å². The molecule has 1 aromatic carbocycles. The Morgan fingerprint density at radius 2 is 2.14 bits per heavy atom. The number of aryl methyl sites for hydroxylation is 1. The maximum absolute atomic E-state index is 13.1. The Labute approximate surface area is 167 Å². The molecule has 0 saturated carbocycles. The van der Waals surface area contributed by atoms with Crippen LogP contribution < -0.4 is 5.32 Å². The molecule has 1 amide bonds. The summed E-state index contributed by atoms with van der Waals surface area (Å²) in [6.45, 7) is 5.84. The summed E-state index contributed by atoms with van der Waals surface area (Å²) < 4.78 is 1.88. The third-order valence-corrected chi connectivity index (χ3v) is 6.39. The molecule has 1 spiro atoms. The quantitative estimate of drug-likeness (QED) is 0.882. The van der Waals surface area contributed by atoms with E-state index in [9.17, 15) is 4.79 Å². The number of nitrogens with zero attached hydrogens (tertiary/aromatic N) is 4. The smallest absolute Gasteiger partial charge is 0.239 e. The minimum absolute atomic E-state index is 0.00471. The monoisotopic (exact) mass is 381 g/mol. The minimum atomic E-state index is -0.00471. The molecule has 2 aliphatic rings. The molecular weight excluding hydrogens is 350 g/mol. The van der Waals surface area contributed by atoms with Gasteiger partial charge < -0.3 is 10.2 Å². The second kappa shape index (κ2) is 7.68. The van der Waals surface area contributed by atoms with E-state index in [4.69, 9.17) is 0 Å². The first-order chi connectivity index (χ1) is 13.5. The number of piperidine rings is 1. The molecule has 150 valence electrons. The van der Waals surface area contributed by atoms with Crippen molar-refractivity contribution >= 4 is 5.91 Å². The van der Waals surface area contributed by atoms with Crippen molar-refractivity contribution in [2.75, 3.05) is 33.7 Å². The van der Waals surface area contributed by atoms with Crippen molar-refractivity contribution < 1.29 is 4.79 Å². The zero-order chi connectivity index (χ0) is 19.7. The van der Waals surface area contributed by atoms with E-state index < -0.39 is 0 Å². The Kier molecular flexibility index (Phi) is 5.25. The Balaban J connectivity index is 1.41. The lowest BCUT2D eigenvalue weighted by Crippen LogP contribution is -2.42. The van der Waals surface area contributed by atoms with Gasteiger partial charge in [0.15, 0.2) is 0 Å². The summed E-state index contributed by atoms with van der Waals surface area (Å²) in [5, 5.41) is 7.93. The summed E-state index contributed by atoms with van der Waals surface area (Å²) in [6.07, 6.45) is 7.21. The number of likely N-dealkylation sites (tertiary alicyclic amines) is 1. The second-order valence-electron chi connectivity index (χ2n) is 8.71. The highest BCUT2D eigenvalue weighted by Gasteiger charge is 2.46. The number of carbonyl (C=O) groups is 1. The van der Waals surface area contributed by atoms with Gasteiger partial charge in [0, 0.05) is 31.9 Å². The van der Waals surface area contributed by atoms with E-state index in [0.717, 1.165) is 37.3 Å². The first kappa shape index (κ1) is 19.2. The summed E-state index contributed by atoms with van der Waals surface area (Å²) >= 11 is 0. The number of benzene rings is 1. The molecule has 2 fully saturated rings. The zero-order valence-corrected chi connectivity index (χ0v) is 17.2. The van der Waals surface area contributed by atoms with Gasteiger partial charge in [-0.3, -0.25) is 9.69 Å². The Bertz CT molecular complexity index is 839. The van der Waals surface area contributed by atoms with Gasteiger partial charge in [-0.1, -0.05) is 12.1 Å². The number of amides is 1. The Morgan fingerprint density at radius 3 is 2.89 bits per heavy atom. The van der Waals surface area contributed by atoms with Crippen LogP contribution in [0.3, 0.4) is 0 Å². The van der Waals surface area contributed by atoms with E-state index in [1.54, 1.807) is 0 Å². The molecule has 1 N–H and O–H groups in total. The maximum Gasteiger partial charge on any atom is 0.239 e. The molecule has 0 aliphatic carbocycles. The van der Waals surface area contributed by atoms with Crippen molar-refractivity contribution in [2.45, 2.75) is 38.8 Å². The normalized spacial score (nSPS) is 21.9. The van der Waals surface area contributed by atoms with Gasteiger partial charge in [0.2, 0.25) is 5.91 Å². The predicted molar refractivity (Wildman–Crippen MR) is 110 cm³/mol. The number of nitrogens with one attached hydrogen (secondary N) is 1. The van der Waals surface area contributed by atoms with Gasteiger partial charge in [0.25, 0.3) is 0 Å². The average Bonchev–Trinajstić information content (AvgIpc) is 3.26. The summed E-state index contributed by atoms with van der Waals surface area (Å²) in [5.41, 5.74) is 3.62. The zero-order valence-electron chi connectivity index (χ0n) is 17.2. The first-order valence-corrected chi connectivity index (χ1v) is 10.2. The van der Waals surface area contributed by atoms with Crippen LogP contribution in [0.15, 0.2) is 36.7 Å². The topological polar surface area (TPSA) is 53.4 Å². The Hall–Kier alpha value is -2.18. The largest absolute Gasteiger partial charge is 0.340 e. The lowest BCUT2D eigenvalue weighted by Gasteiger charge is -2.33. The highest BCUT2D eigenvalue weighted by molar-refractivity contribution is 5.82. The molecule has 2 saturated heterocycles. The third-order valence-electron chi connectivity index (χ3n) is 6.39. The number of likely N-dealkylation sites (N-methyl/N-ethyl adjacent to an activating group) is 2. The number of rotatable bonds is 4. The summed E-state index contributed by atoms with van der Waals surface area (Å²) in [7, 11) is 4.01. The van der Waals surface area contributed by atoms with Crippen molar-refractivity contribution in [1.82, 2.24) is 24.9 Å². The lowest BCUT2D eigenvalue weighted by atomic mass is 9.77. The molecule has 4 rings (SSSR count). The van der Waals surface area contributed by atoms with Crippen LogP contribution in [0.25, 0.3) is 5.69 Å². The molecule has 6 nitrogen and oxygen atoms in total. The number of hydrogen-bond donors (Lipinski definition) is 1. The van der Waals surface area contributed by atoms with Crippen LogP contribution in [0.4, 0.5) is 0 Å². The van der Waals surface area contributed by atoms with Gasteiger partial charge >= 0.3 is 0 Å². The molecule has 0 unspecified atom stereocenters. The van der Waals surface area contributed by atoms with Crippen LogP contribution in [0, 0.1) is 12.3 Å². The van der Waals surface area contributed by atoms with Crippen LogP contribution >= 0.6 is 0 Å². The molecule has 2 aromatic rings. The fraction of sp³-hybridized carbons (Fsp3) is 0.545. The van der Waals surface area contributed by atoms with E-state index in [0.29, 0.717) is 12.0 Å². The van der Waals surface area contributed by atoms with Gasteiger partial charge in [-0.2, -0.15) is 5.10 Å². The SMILES string of the molecule is Cc1cccc(-n2cc(CN(C)C(=O)[C@@H]3CC4(CCNCC4)CN3C)cn2)c1. The summed E-state index contributed by atoms with van der Waals surface area (Å²) in [4.78, 5) is 17.3. The average molecular weight is 382 g/mol. The standard InChI is InChI=1S/C22H31N5O/c1-17-5-4-6-19(11-17)27-15-18(13-24-27)14-25(2)21(28)20-12-22(16-26(20)3)7-9-23-10-8-22/h4-6,11,13,15,20,23H,7-10,12,14,16H2,1-3H3/t20-/m0/s1. The molecule has 28 heavy (non-hydrogen) atoms. The highest BCUT2D eigenvalue weighted by atomic mass is 16.2. The maximum atomic E-state index is 13.1. The predicted octanol–water partition coefficient (Wildman–Crippen LogP) is 2.21. The van der Waals surface area contributed by atoms with Gasteiger partial charge in [0.1, 0.15) is 0 Å². The van der Waals surface area contributed by atoms with E-state index in [2.05, 4.69) is 41.4 Å². The molecule has 2 aliphatic heterocycles. The number of hydrogen-bond acceptors (Lipinski definition) is 4. The fourth-order valence-electron chi connectivity index (χ4n) is 4.82. The van der Waals surface area contributed by atoms with Gasteiger partial charge in [-0.15, -0.1) is 0 Å². The minimum Gasteiger partial charge on any atom is -0.340 e. The fourth-order valence-corrected chi connectivity index (χ4v) is 4.82. The van der Waals surface area contributed by atoms with E-state index in [1.807, 2.05) is 41.2 Å². The number of carbonyl (C=O) groups excluding carboxylic acids is 1. The molecule has 0 bridgehead atoms. The second-order valence-corrected chi connectivity index (χ2v) is 8.71. The molecule has 1 aromatic heterocycles. The lowest BCUT2D eigenvalue weighted by molar-refractivity contribution is -0.134. The van der Waals surface area contributed by atoms with Crippen molar-refractivity contribution in [2.24, 2.45) is 5.41 Å². The van der Waals surface area contributed by atoms with Crippen molar-refractivity contribution in [1.29, 1.82) is 0 Å². The summed E-state index contributed by atoms with van der Waals surface area (Å²) in [6, 6.07) is 8.26.